The van der Waals surface area contributed by atoms with Crippen molar-refractivity contribution >= 4 is 31.5 Å². The second-order valence-electron chi connectivity index (χ2n) is 7.08. The van der Waals surface area contributed by atoms with Crippen molar-refractivity contribution in [2.45, 2.75) is 26.2 Å². The molecule has 1 aromatic heterocycles. The van der Waals surface area contributed by atoms with Crippen molar-refractivity contribution in [3.05, 3.63) is 72.3 Å². The molecule has 0 spiro atoms. The minimum Gasteiger partial charge on any atom is -0.135 e. The quantitative estimate of drug-likeness (QED) is 0.354. The molecule has 0 fully saturated rings. The van der Waals surface area contributed by atoms with E-state index in [1.807, 2.05) is 11.3 Å². The largest absolute Gasteiger partial charge is 0.135 e. The SMILES string of the molecule is CC(C)(C)c1c(-c2ccccc2)ccc2sc3ccccc3c12. The van der Waals surface area contributed by atoms with E-state index in [9.17, 15) is 0 Å². The smallest absolute Gasteiger partial charge is 0.0358 e. The van der Waals surface area contributed by atoms with Crippen LogP contribution in [0.2, 0.25) is 0 Å². The molecular weight excluding hydrogens is 296 g/mol. The van der Waals surface area contributed by atoms with Gasteiger partial charge in [0.15, 0.2) is 0 Å². The molecule has 0 N–H and O–H groups in total. The highest BCUT2D eigenvalue weighted by Crippen LogP contribution is 2.44. The molecule has 0 atom stereocenters. The fourth-order valence-electron chi connectivity index (χ4n) is 3.45. The number of benzene rings is 3. The van der Waals surface area contributed by atoms with Crippen molar-refractivity contribution < 1.29 is 0 Å². The standard InChI is InChI=1S/C22H20S/c1-22(2,3)21-16(15-9-5-4-6-10-15)13-14-19-20(21)17-11-7-8-12-18(17)23-19/h4-14H,1-3H3. The summed E-state index contributed by atoms with van der Waals surface area (Å²) in [6, 6.07) is 24.1. The van der Waals surface area contributed by atoms with Crippen LogP contribution < -0.4 is 0 Å². The van der Waals surface area contributed by atoms with Crippen LogP contribution in [0.15, 0.2) is 66.7 Å². The molecule has 0 amide bonds. The van der Waals surface area contributed by atoms with Crippen molar-refractivity contribution in [3.8, 4) is 11.1 Å². The third-order valence-electron chi connectivity index (χ3n) is 4.38. The zero-order valence-electron chi connectivity index (χ0n) is 13.8. The molecule has 4 rings (SSSR count). The van der Waals surface area contributed by atoms with Crippen LogP contribution >= 0.6 is 11.3 Å². The molecule has 0 aliphatic heterocycles. The highest BCUT2D eigenvalue weighted by atomic mass is 32.1. The van der Waals surface area contributed by atoms with Gasteiger partial charge in [0, 0.05) is 20.2 Å². The first kappa shape index (κ1) is 14.5. The van der Waals surface area contributed by atoms with Crippen molar-refractivity contribution in [1.82, 2.24) is 0 Å². The minimum absolute atomic E-state index is 0.0918. The summed E-state index contributed by atoms with van der Waals surface area (Å²) in [5.41, 5.74) is 4.21. The molecule has 0 radical (unpaired) electrons. The van der Waals surface area contributed by atoms with E-state index < -0.39 is 0 Å². The molecular formula is C22H20S. The number of hydrogen-bond acceptors (Lipinski definition) is 1. The Bertz CT molecular complexity index is 985. The average Bonchev–Trinajstić information content (AvgIpc) is 2.92. The van der Waals surface area contributed by atoms with Crippen molar-refractivity contribution in [1.29, 1.82) is 0 Å². The number of thiophene rings is 1. The summed E-state index contributed by atoms with van der Waals surface area (Å²) in [7, 11) is 0. The minimum atomic E-state index is 0.0918. The van der Waals surface area contributed by atoms with Gasteiger partial charge in [-0.1, -0.05) is 75.4 Å². The van der Waals surface area contributed by atoms with Crippen LogP contribution in [0, 0.1) is 0 Å². The van der Waals surface area contributed by atoms with Gasteiger partial charge in [0.2, 0.25) is 0 Å². The van der Waals surface area contributed by atoms with Gasteiger partial charge in [-0.25, -0.2) is 0 Å². The Hall–Kier alpha value is -2.12. The zero-order valence-corrected chi connectivity index (χ0v) is 14.6. The Morgan fingerprint density at radius 2 is 1.39 bits per heavy atom. The van der Waals surface area contributed by atoms with Gasteiger partial charge >= 0.3 is 0 Å². The highest BCUT2D eigenvalue weighted by Gasteiger charge is 2.23. The van der Waals surface area contributed by atoms with E-state index in [4.69, 9.17) is 0 Å². The number of rotatable bonds is 1. The molecule has 0 saturated carbocycles. The van der Waals surface area contributed by atoms with E-state index in [1.54, 1.807) is 0 Å². The Morgan fingerprint density at radius 1 is 0.696 bits per heavy atom. The summed E-state index contributed by atoms with van der Waals surface area (Å²) in [6.07, 6.45) is 0. The summed E-state index contributed by atoms with van der Waals surface area (Å²) >= 11 is 1.90. The second-order valence-corrected chi connectivity index (χ2v) is 8.16. The monoisotopic (exact) mass is 316 g/mol. The second kappa shape index (κ2) is 5.21. The van der Waals surface area contributed by atoms with E-state index >= 15 is 0 Å². The van der Waals surface area contributed by atoms with E-state index in [2.05, 4.69) is 87.5 Å². The Morgan fingerprint density at radius 3 is 2.13 bits per heavy atom. The molecule has 114 valence electrons. The van der Waals surface area contributed by atoms with Crippen molar-refractivity contribution in [3.63, 3.8) is 0 Å². The van der Waals surface area contributed by atoms with E-state index in [1.165, 1.54) is 36.9 Å². The lowest BCUT2D eigenvalue weighted by Gasteiger charge is -2.25. The third-order valence-corrected chi connectivity index (χ3v) is 5.51. The third kappa shape index (κ3) is 2.36. The summed E-state index contributed by atoms with van der Waals surface area (Å²) in [4.78, 5) is 0. The van der Waals surface area contributed by atoms with Gasteiger partial charge in [-0.05, 0) is 34.2 Å². The predicted octanol–water partition coefficient (Wildman–Crippen LogP) is 7.02. The Balaban J connectivity index is 2.18. The van der Waals surface area contributed by atoms with Crippen LogP contribution in [-0.2, 0) is 5.41 Å². The van der Waals surface area contributed by atoms with E-state index in [0.717, 1.165) is 0 Å². The molecule has 0 nitrogen and oxygen atoms in total. The first-order valence-corrected chi connectivity index (χ1v) is 8.87. The van der Waals surface area contributed by atoms with Crippen LogP contribution in [0.5, 0.6) is 0 Å². The molecule has 4 aromatic rings. The molecule has 1 heterocycles. The van der Waals surface area contributed by atoms with Crippen LogP contribution in [0.4, 0.5) is 0 Å². The van der Waals surface area contributed by atoms with Crippen LogP contribution in [0.1, 0.15) is 26.3 Å². The van der Waals surface area contributed by atoms with Gasteiger partial charge in [0.05, 0.1) is 0 Å². The topological polar surface area (TPSA) is 0 Å². The predicted molar refractivity (Wildman–Crippen MR) is 103 cm³/mol. The Kier molecular flexibility index (Phi) is 3.28. The molecule has 0 bridgehead atoms. The lowest BCUT2D eigenvalue weighted by Crippen LogP contribution is -2.13. The lowest BCUT2D eigenvalue weighted by atomic mass is 9.79. The maximum absolute atomic E-state index is 2.32. The van der Waals surface area contributed by atoms with E-state index in [-0.39, 0.29) is 5.41 Å². The number of hydrogen-bond donors (Lipinski definition) is 0. The van der Waals surface area contributed by atoms with E-state index in [0.29, 0.717) is 0 Å². The molecule has 0 saturated heterocycles. The lowest BCUT2D eigenvalue weighted by molar-refractivity contribution is 0.598. The normalized spacial score (nSPS) is 12.1. The fourth-order valence-corrected chi connectivity index (χ4v) is 4.57. The maximum Gasteiger partial charge on any atom is 0.0358 e. The van der Waals surface area contributed by atoms with Crippen LogP contribution in [0.25, 0.3) is 31.3 Å². The molecule has 0 unspecified atom stereocenters. The molecule has 0 aliphatic carbocycles. The van der Waals surface area contributed by atoms with Gasteiger partial charge in [-0.2, -0.15) is 0 Å². The molecule has 1 heteroatoms. The average molecular weight is 316 g/mol. The number of fused-ring (bicyclic) bond motifs is 3. The summed E-state index contributed by atoms with van der Waals surface area (Å²) in [6.45, 7) is 6.96. The summed E-state index contributed by atoms with van der Waals surface area (Å²) in [5, 5.41) is 2.81. The van der Waals surface area contributed by atoms with Crippen LogP contribution in [0.3, 0.4) is 0 Å². The summed E-state index contributed by atoms with van der Waals surface area (Å²) < 4.78 is 2.76. The van der Waals surface area contributed by atoms with Gasteiger partial charge < -0.3 is 0 Å². The fraction of sp³-hybridized carbons (Fsp3) is 0.182. The van der Waals surface area contributed by atoms with Gasteiger partial charge in [-0.3, -0.25) is 0 Å². The molecule has 0 aliphatic rings. The van der Waals surface area contributed by atoms with Crippen molar-refractivity contribution in [2.75, 3.05) is 0 Å². The van der Waals surface area contributed by atoms with Gasteiger partial charge in [0.25, 0.3) is 0 Å². The van der Waals surface area contributed by atoms with Crippen molar-refractivity contribution in [2.24, 2.45) is 0 Å². The Labute approximate surface area is 141 Å². The van der Waals surface area contributed by atoms with Crippen LogP contribution in [-0.4, -0.2) is 0 Å². The first-order chi connectivity index (χ1) is 11.1. The van der Waals surface area contributed by atoms with Gasteiger partial charge in [-0.15, -0.1) is 11.3 Å². The van der Waals surface area contributed by atoms with Gasteiger partial charge in [0.1, 0.15) is 0 Å². The first-order valence-electron chi connectivity index (χ1n) is 8.06. The highest BCUT2D eigenvalue weighted by molar-refractivity contribution is 7.25. The molecule has 3 aromatic carbocycles. The summed E-state index contributed by atoms with van der Waals surface area (Å²) in [5.74, 6) is 0. The zero-order chi connectivity index (χ0) is 16.0. The maximum atomic E-state index is 2.32. The molecule has 23 heavy (non-hydrogen) atoms.